The Labute approximate surface area is 125 Å². The molecule has 0 saturated carbocycles. The smallest absolute Gasteiger partial charge is 0.409 e. The number of carbonyl (C=O) groups is 1. The lowest BCUT2D eigenvalue weighted by molar-refractivity contribution is 0.0950. The van der Waals surface area contributed by atoms with Crippen LogP contribution in [-0.2, 0) is 11.3 Å². The van der Waals surface area contributed by atoms with Crippen LogP contribution in [0.2, 0.25) is 0 Å². The number of nitrogens with zero attached hydrogens (tertiary/aromatic N) is 1. The number of likely N-dealkylation sites (tertiary alicyclic amines) is 1. The van der Waals surface area contributed by atoms with Crippen molar-refractivity contribution in [1.29, 1.82) is 0 Å². The van der Waals surface area contributed by atoms with E-state index in [0.717, 1.165) is 43.6 Å². The van der Waals surface area contributed by atoms with Crippen molar-refractivity contribution in [3.05, 3.63) is 35.1 Å². The van der Waals surface area contributed by atoms with Crippen molar-refractivity contribution in [2.45, 2.75) is 39.3 Å². The Balaban J connectivity index is 1.77. The third kappa shape index (κ3) is 4.43. The van der Waals surface area contributed by atoms with Crippen molar-refractivity contribution >= 4 is 6.09 Å². The first-order chi connectivity index (χ1) is 10.1. The van der Waals surface area contributed by atoms with Crippen LogP contribution in [0.4, 0.5) is 9.18 Å². The van der Waals surface area contributed by atoms with E-state index < -0.39 is 0 Å². The van der Waals surface area contributed by atoms with Crippen LogP contribution in [0.1, 0.15) is 30.9 Å². The molecular weight excluding hydrogens is 271 g/mol. The van der Waals surface area contributed by atoms with E-state index in [4.69, 9.17) is 4.74 Å². The fourth-order valence-corrected chi connectivity index (χ4v) is 2.59. The van der Waals surface area contributed by atoms with Gasteiger partial charge in [0.25, 0.3) is 0 Å². The molecule has 1 N–H and O–H groups in total. The summed E-state index contributed by atoms with van der Waals surface area (Å²) in [5.41, 5.74) is 2.08. The molecule has 0 aromatic heterocycles. The highest BCUT2D eigenvalue weighted by Gasteiger charge is 2.23. The second-order valence-corrected chi connectivity index (χ2v) is 5.41. The Morgan fingerprint density at radius 1 is 1.43 bits per heavy atom. The van der Waals surface area contributed by atoms with Gasteiger partial charge in [0.15, 0.2) is 0 Å². The van der Waals surface area contributed by atoms with Crippen LogP contribution < -0.4 is 5.32 Å². The molecule has 0 spiro atoms. The average Bonchev–Trinajstić information content (AvgIpc) is 2.47. The van der Waals surface area contributed by atoms with Gasteiger partial charge in [0.05, 0.1) is 6.61 Å². The summed E-state index contributed by atoms with van der Waals surface area (Å²) in [6.45, 7) is 6.33. The Morgan fingerprint density at radius 2 is 2.14 bits per heavy atom. The van der Waals surface area contributed by atoms with Gasteiger partial charge in [-0.25, -0.2) is 9.18 Å². The number of piperidine rings is 1. The molecule has 1 saturated heterocycles. The molecule has 0 aliphatic carbocycles. The van der Waals surface area contributed by atoms with Gasteiger partial charge in [-0.2, -0.15) is 0 Å². The first-order valence-electron chi connectivity index (χ1n) is 7.50. The van der Waals surface area contributed by atoms with E-state index in [1.165, 1.54) is 6.07 Å². The number of benzene rings is 1. The molecule has 1 amide bonds. The Bertz CT molecular complexity index is 485. The summed E-state index contributed by atoms with van der Waals surface area (Å²) in [5.74, 6) is -0.195. The van der Waals surface area contributed by atoms with Crippen LogP contribution in [-0.4, -0.2) is 36.7 Å². The first-order valence-corrected chi connectivity index (χ1v) is 7.50. The molecule has 116 valence electrons. The van der Waals surface area contributed by atoms with Gasteiger partial charge in [-0.05, 0) is 49.9 Å². The molecule has 1 aromatic rings. The molecular formula is C16H23FN2O2. The highest BCUT2D eigenvalue weighted by atomic mass is 19.1. The van der Waals surface area contributed by atoms with Crippen LogP contribution in [0, 0.1) is 12.7 Å². The molecule has 4 nitrogen and oxygen atoms in total. The van der Waals surface area contributed by atoms with E-state index in [9.17, 15) is 9.18 Å². The van der Waals surface area contributed by atoms with Gasteiger partial charge in [0.1, 0.15) is 5.82 Å². The zero-order valence-corrected chi connectivity index (χ0v) is 12.7. The minimum atomic E-state index is -0.217. The van der Waals surface area contributed by atoms with Crippen LogP contribution in [0.15, 0.2) is 18.2 Å². The molecule has 21 heavy (non-hydrogen) atoms. The number of nitrogens with one attached hydrogen (secondary N) is 1. The molecule has 1 heterocycles. The maximum atomic E-state index is 13.1. The van der Waals surface area contributed by atoms with Gasteiger partial charge in [-0.3, -0.25) is 0 Å². The molecule has 5 heteroatoms. The van der Waals surface area contributed by atoms with Crippen molar-refractivity contribution in [3.63, 3.8) is 0 Å². The van der Waals surface area contributed by atoms with Gasteiger partial charge in [-0.15, -0.1) is 0 Å². The number of ether oxygens (including phenoxy) is 1. The van der Waals surface area contributed by atoms with Crippen molar-refractivity contribution < 1.29 is 13.9 Å². The molecule has 1 aliphatic heterocycles. The van der Waals surface area contributed by atoms with E-state index in [2.05, 4.69) is 5.32 Å². The number of rotatable bonds is 4. The molecule has 1 aromatic carbocycles. The maximum absolute atomic E-state index is 13.1. The van der Waals surface area contributed by atoms with E-state index in [1.807, 2.05) is 19.9 Å². The zero-order valence-electron chi connectivity index (χ0n) is 12.7. The van der Waals surface area contributed by atoms with Gasteiger partial charge >= 0.3 is 6.09 Å². The van der Waals surface area contributed by atoms with Crippen molar-refractivity contribution in [1.82, 2.24) is 10.2 Å². The van der Waals surface area contributed by atoms with Crippen LogP contribution >= 0.6 is 0 Å². The molecule has 1 fully saturated rings. The maximum Gasteiger partial charge on any atom is 0.409 e. The quantitative estimate of drug-likeness (QED) is 0.928. The largest absolute Gasteiger partial charge is 0.450 e. The van der Waals surface area contributed by atoms with E-state index in [1.54, 1.807) is 11.0 Å². The number of aryl methyl sites for hydroxylation is 1. The second kappa shape index (κ2) is 7.41. The summed E-state index contributed by atoms with van der Waals surface area (Å²) < 4.78 is 18.1. The number of hydrogen-bond donors (Lipinski definition) is 1. The van der Waals surface area contributed by atoms with E-state index in [0.29, 0.717) is 12.6 Å². The van der Waals surface area contributed by atoms with Crippen LogP contribution in [0.3, 0.4) is 0 Å². The van der Waals surface area contributed by atoms with Gasteiger partial charge < -0.3 is 15.0 Å². The number of amides is 1. The Hall–Kier alpha value is -1.62. The Morgan fingerprint density at radius 3 is 2.76 bits per heavy atom. The average molecular weight is 294 g/mol. The molecule has 0 atom stereocenters. The van der Waals surface area contributed by atoms with Gasteiger partial charge in [-0.1, -0.05) is 6.07 Å². The van der Waals surface area contributed by atoms with Crippen molar-refractivity contribution in [3.8, 4) is 0 Å². The molecule has 0 unspecified atom stereocenters. The summed E-state index contributed by atoms with van der Waals surface area (Å²) in [5, 5.41) is 3.49. The summed E-state index contributed by atoms with van der Waals surface area (Å²) in [6, 6.07) is 5.26. The minimum Gasteiger partial charge on any atom is -0.450 e. The molecule has 1 aliphatic rings. The summed E-state index contributed by atoms with van der Waals surface area (Å²) in [6.07, 6.45) is 1.61. The summed E-state index contributed by atoms with van der Waals surface area (Å²) >= 11 is 0. The van der Waals surface area contributed by atoms with Gasteiger partial charge in [0, 0.05) is 25.7 Å². The lowest BCUT2D eigenvalue weighted by Crippen LogP contribution is -2.44. The highest BCUT2D eigenvalue weighted by molar-refractivity contribution is 5.67. The number of halogens is 1. The monoisotopic (exact) mass is 294 g/mol. The van der Waals surface area contributed by atoms with Crippen molar-refractivity contribution in [2.24, 2.45) is 0 Å². The number of carbonyl (C=O) groups excluding carboxylic acids is 1. The SMILES string of the molecule is CCOC(=O)N1CCC(NCc2ccc(F)cc2C)CC1. The molecule has 2 rings (SSSR count). The lowest BCUT2D eigenvalue weighted by atomic mass is 10.0. The topological polar surface area (TPSA) is 41.6 Å². The van der Waals surface area contributed by atoms with E-state index >= 15 is 0 Å². The zero-order chi connectivity index (χ0) is 15.2. The van der Waals surface area contributed by atoms with Crippen LogP contribution in [0.5, 0.6) is 0 Å². The lowest BCUT2D eigenvalue weighted by Gasteiger charge is -2.31. The second-order valence-electron chi connectivity index (χ2n) is 5.41. The third-order valence-electron chi connectivity index (χ3n) is 3.91. The minimum absolute atomic E-state index is 0.195. The number of hydrogen-bond acceptors (Lipinski definition) is 3. The first kappa shape index (κ1) is 15.8. The Kier molecular flexibility index (Phi) is 5.56. The van der Waals surface area contributed by atoms with Gasteiger partial charge in [0.2, 0.25) is 0 Å². The fraction of sp³-hybridized carbons (Fsp3) is 0.562. The van der Waals surface area contributed by atoms with E-state index in [-0.39, 0.29) is 11.9 Å². The fourth-order valence-electron chi connectivity index (χ4n) is 2.59. The predicted molar refractivity (Wildman–Crippen MR) is 79.6 cm³/mol. The third-order valence-corrected chi connectivity index (χ3v) is 3.91. The normalized spacial score (nSPS) is 16.0. The summed E-state index contributed by atoms with van der Waals surface area (Å²) in [7, 11) is 0. The van der Waals surface area contributed by atoms with Crippen molar-refractivity contribution in [2.75, 3.05) is 19.7 Å². The standard InChI is InChI=1S/C16H23FN2O2/c1-3-21-16(20)19-8-6-15(7-9-19)18-11-13-4-5-14(17)10-12(13)2/h4-5,10,15,18H,3,6-9,11H2,1-2H3. The highest BCUT2D eigenvalue weighted by Crippen LogP contribution is 2.14. The van der Waals surface area contributed by atoms with Crippen LogP contribution in [0.25, 0.3) is 0 Å². The summed E-state index contributed by atoms with van der Waals surface area (Å²) in [4.78, 5) is 13.4. The molecule has 0 radical (unpaired) electrons. The predicted octanol–water partition coefficient (Wildman–Crippen LogP) is 2.84. The molecule has 0 bridgehead atoms.